The second-order valence-corrected chi connectivity index (χ2v) is 6.12. The molecular weight excluding hydrogens is 260 g/mol. The fourth-order valence-corrected chi connectivity index (χ4v) is 2.79. The Labute approximate surface area is 126 Å². The minimum Gasteiger partial charge on any atom is -0.374 e. The van der Waals surface area contributed by atoms with Crippen LogP contribution in [0.3, 0.4) is 0 Å². The van der Waals surface area contributed by atoms with Crippen molar-refractivity contribution in [2.75, 3.05) is 6.61 Å². The summed E-state index contributed by atoms with van der Waals surface area (Å²) < 4.78 is 5.75. The largest absolute Gasteiger partial charge is 0.374 e. The lowest BCUT2D eigenvalue weighted by Gasteiger charge is -2.35. The number of aromatic nitrogens is 2. The Morgan fingerprint density at radius 1 is 1.33 bits per heavy atom. The summed E-state index contributed by atoms with van der Waals surface area (Å²) in [6.45, 7) is 6.58. The fourth-order valence-electron chi connectivity index (χ4n) is 2.79. The standard InChI is InChI=1S/C18H22N2O/c1-13(2)12-21-17-10-14(11-17)5-7-16-8-6-15-4-3-9-19-18(15)20-16/h3-4,6,8-9,14,17H,1,5,7,10-12H2,2H3. The molecule has 0 radical (unpaired) electrons. The average Bonchev–Trinajstić information content (AvgIpc) is 2.44. The summed E-state index contributed by atoms with van der Waals surface area (Å²) in [5.74, 6) is 0.779. The summed E-state index contributed by atoms with van der Waals surface area (Å²) in [6, 6.07) is 8.24. The van der Waals surface area contributed by atoms with Crippen LogP contribution in [0.4, 0.5) is 0 Å². The molecule has 110 valence electrons. The van der Waals surface area contributed by atoms with Crippen LogP contribution in [0.15, 0.2) is 42.6 Å². The molecule has 21 heavy (non-hydrogen) atoms. The monoisotopic (exact) mass is 282 g/mol. The first-order chi connectivity index (χ1) is 10.2. The van der Waals surface area contributed by atoms with Crippen molar-refractivity contribution >= 4 is 11.0 Å². The van der Waals surface area contributed by atoms with Gasteiger partial charge in [-0.15, -0.1) is 0 Å². The first kappa shape index (κ1) is 14.2. The van der Waals surface area contributed by atoms with Crippen molar-refractivity contribution in [3.05, 3.63) is 48.3 Å². The van der Waals surface area contributed by atoms with Gasteiger partial charge in [0.25, 0.3) is 0 Å². The zero-order chi connectivity index (χ0) is 14.7. The second kappa shape index (κ2) is 6.35. The van der Waals surface area contributed by atoms with Crippen molar-refractivity contribution in [3.63, 3.8) is 0 Å². The van der Waals surface area contributed by atoms with Crippen LogP contribution in [-0.4, -0.2) is 22.7 Å². The molecule has 0 unspecified atom stereocenters. The predicted octanol–water partition coefficient (Wildman–Crippen LogP) is 3.93. The molecule has 0 aromatic carbocycles. The van der Waals surface area contributed by atoms with Crippen LogP contribution in [0, 0.1) is 5.92 Å². The SMILES string of the molecule is C=C(C)COC1CC(CCc2ccc3cccnc3n2)C1. The molecule has 2 heterocycles. The van der Waals surface area contributed by atoms with Crippen molar-refractivity contribution in [2.45, 2.75) is 38.7 Å². The van der Waals surface area contributed by atoms with Crippen molar-refractivity contribution in [1.29, 1.82) is 0 Å². The Bertz CT molecular complexity index is 632. The van der Waals surface area contributed by atoms with E-state index in [0.717, 1.165) is 34.6 Å². The number of nitrogens with zero attached hydrogens (tertiary/aromatic N) is 2. The topological polar surface area (TPSA) is 35.0 Å². The first-order valence-electron chi connectivity index (χ1n) is 7.67. The van der Waals surface area contributed by atoms with E-state index < -0.39 is 0 Å². The third-order valence-corrected chi connectivity index (χ3v) is 4.09. The Morgan fingerprint density at radius 2 is 2.19 bits per heavy atom. The second-order valence-electron chi connectivity index (χ2n) is 6.12. The molecule has 0 amide bonds. The van der Waals surface area contributed by atoms with E-state index in [1.54, 1.807) is 6.20 Å². The van der Waals surface area contributed by atoms with Gasteiger partial charge in [-0.2, -0.15) is 0 Å². The quantitative estimate of drug-likeness (QED) is 0.753. The molecule has 0 aliphatic heterocycles. The van der Waals surface area contributed by atoms with Gasteiger partial charge >= 0.3 is 0 Å². The van der Waals surface area contributed by atoms with Gasteiger partial charge in [-0.3, -0.25) is 0 Å². The molecule has 2 aromatic heterocycles. The van der Waals surface area contributed by atoms with E-state index in [1.807, 2.05) is 13.0 Å². The van der Waals surface area contributed by atoms with Crippen molar-refractivity contribution in [2.24, 2.45) is 5.92 Å². The minimum absolute atomic E-state index is 0.443. The Hall–Kier alpha value is -1.74. The highest BCUT2D eigenvalue weighted by Crippen LogP contribution is 2.33. The van der Waals surface area contributed by atoms with Gasteiger partial charge in [0.1, 0.15) is 0 Å². The summed E-state index contributed by atoms with van der Waals surface area (Å²) in [5.41, 5.74) is 3.10. The molecule has 0 spiro atoms. The van der Waals surface area contributed by atoms with E-state index in [-0.39, 0.29) is 0 Å². The summed E-state index contributed by atoms with van der Waals surface area (Å²) >= 11 is 0. The van der Waals surface area contributed by atoms with E-state index in [4.69, 9.17) is 4.74 Å². The van der Waals surface area contributed by atoms with Gasteiger partial charge < -0.3 is 4.74 Å². The third kappa shape index (κ3) is 3.67. The summed E-state index contributed by atoms with van der Waals surface area (Å²) in [4.78, 5) is 8.95. The van der Waals surface area contributed by atoms with E-state index in [0.29, 0.717) is 12.7 Å². The summed E-state index contributed by atoms with van der Waals surface area (Å²) in [6.07, 6.45) is 6.83. The van der Waals surface area contributed by atoms with Crippen LogP contribution in [0.1, 0.15) is 31.9 Å². The molecule has 0 N–H and O–H groups in total. The van der Waals surface area contributed by atoms with Crippen LogP contribution in [0.5, 0.6) is 0 Å². The highest BCUT2D eigenvalue weighted by Gasteiger charge is 2.29. The van der Waals surface area contributed by atoms with Crippen LogP contribution < -0.4 is 0 Å². The number of pyridine rings is 2. The van der Waals surface area contributed by atoms with Crippen molar-refractivity contribution in [3.8, 4) is 0 Å². The smallest absolute Gasteiger partial charge is 0.159 e. The number of aryl methyl sites for hydroxylation is 1. The van der Waals surface area contributed by atoms with Gasteiger partial charge in [-0.25, -0.2) is 9.97 Å². The lowest BCUT2D eigenvalue weighted by atomic mass is 9.79. The molecular formula is C18H22N2O. The molecule has 3 rings (SSSR count). The maximum Gasteiger partial charge on any atom is 0.159 e. The average molecular weight is 282 g/mol. The van der Waals surface area contributed by atoms with E-state index in [1.165, 1.54) is 19.3 Å². The first-order valence-corrected chi connectivity index (χ1v) is 7.67. The highest BCUT2D eigenvalue weighted by atomic mass is 16.5. The summed E-state index contributed by atoms with van der Waals surface area (Å²) in [5, 5.41) is 1.11. The molecule has 1 aliphatic rings. The lowest BCUT2D eigenvalue weighted by Crippen LogP contribution is -2.32. The number of hydrogen-bond donors (Lipinski definition) is 0. The van der Waals surface area contributed by atoms with Gasteiger partial charge in [0, 0.05) is 17.3 Å². The highest BCUT2D eigenvalue weighted by molar-refractivity contribution is 5.74. The maximum atomic E-state index is 5.75. The van der Waals surface area contributed by atoms with E-state index in [9.17, 15) is 0 Å². The molecule has 1 fully saturated rings. The number of hydrogen-bond acceptors (Lipinski definition) is 3. The van der Waals surface area contributed by atoms with Crippen molar-refractivity contribution < 1.29 is 4.74 Å². The van der Waals surface area contributed by atoms with Crippen molar-refractivity contribution in [1.82, 2.24) is 9.97 Å². The zero-order valence-corrected chi connectivity index (χ0v) is 12.6. The van der Waals surface area contributed by atoms with Gasteiger partial charge in [0.2, 0.25) is 0 Å². The van der Waals surface area contributed by atoms with Crippen LogP contribution in [0.25, 0.3) is 11.0 Å². The molecule has 0 atom stereocenters. The molecule has 0 bridgehead atoms. The minimum atomic E-state index is 0.443. The Kier molecular flexibility index (Phi) is 4.30. The zero-order valence-electron chi connectivity index (χ0n) is 12.6. The third-order valence-electron chi connectivity index (χ3n) is 4.09. The number of fused-ring (bicyclic) bond motifs is 1. The van der Waals surface area contributed by atoms with Gasteiger partial charge in [-0.05, 0) is 62.8 Å². The van der Waals surface area contributed by atoms with E-state index >= 15 is 0 Å². The number of rotatable bonds is 6. The fraction of sp³-hybridized carbons (Fsp3) is 0.444. The normalized spacial score (nSPS) is 21.2. The summed E-state index contributed by atoms with van der Waals surface area (Å²) in [7, 11) is 0. The molecule has 1 saturated carbocycles. The Morgan fingerprint density at radius 3 is 3.00 bits per heavy atom. The molecule has 1 aliphatic carbocycles. The number of ether oxygens (including phenoxy) is 1. The maximum absolute atomic E-state index is 5.75. The lowest BCUT2D eigenvalue weighted by molar-refractivity contribution is -0.0219. The van der Waals surface area contributed by atoms with Crippen LogP contribution in [-0.2, 0) is 11.2 Å². The Balaban J connectivity index is 1.46. The molecule has 2 aromatic rings. The van der Waals surface area contributed by atoms with Crippen LogP contribution in [0.2, 0.25) is 0 Å². The predicted molar refractivity (Wildman–Crippen MR) is 85.1 cm³/mol. The van der Waals surface area contributed by atoms with Gasteiger partial charge in [0.15, 0.2) is 5.65 Å². The molecule has 3 heteroatoms. The van der Waals surface area contributed by atoms with Gasteiger partial charge in [0.05, 0.1) is 12.7 Å². The van der Waals surface area contributed by atoms with Crippen LogP contribution >= 0.6 is 0 Å². The van der Waals surface area contributed by atoms with E-state index in [2.05, 4.69) is 34.7 Å². The molecule has 3 nitrogen and oxygen atoms in total. The van der Waals surface area contributed by atoms with Gasteiger partial charge in [-0.1, -0.05) is 12.2 Å². The molecule has 0 saturated heterocycles.